The number of nitrogens with zero attached hydrogens (tertiary/aromatic N) is 2. The average Bonchev–Trinajstić information content (AvgIpc) is 3.00. The molecular weight excluding hydrogens is 326 g/mol. The van der Waals surface area contributed by atoms with Crippen molar-refractivity contribution in [2.75, 3.05) is 6.54 Å². The minimum Gasteiger partial charge on any atom is -0.339 e. The third kappa shape index (κ3) is 5.90. The molecule has 0 saturated heterocycles. The highest BCUT2D eigenvalue weighted by molar-refractivity contribution is 7.92. The van der Waals surface area contributed by atoms with Gasteiger partial charge in [-0.05, 0) is 25.0 Å². The Morgan fingerprint density at radius 3 is 2.58 bits per heavy atom. The van der Waals surface area contributed by atoms with Gasteiger partial charge in [-0.2, -0.15) is 4.98 Å². The largest absolute Gasteiger partial charge is 0.339 e. The average molecular weight is 349 g/mol. The van der Waals surface area contributed by atoms with Crippen LogP contribution in [-0.4, -0.2) is 25.1 Å². The van der Waals surface area contributed by atoms with E-state index < -0.39 is 10.0 Å². The summed E-state index contributed by atoms with van der Waals surface area (Å²) in [5, 5.41) is 5.06. The van der Waals surface area contributed by atoms with Crippen LogP contribution in [0.5, 0.6) is 0 Å². The quantitative estimate of drug-likeness (QED) is 0.741. The second-order valence-electron chi connectivity index (χ2n) is 5.96. The minimum absolute atomic E-state index is 0.216. The lowest BCUT2D eigenvalue weighted by atomic mass is 10.2. The normalized spacial score (nSPS) is 12.3. The molecule has 0 atom stereocenters. The van der Waals surface area contributed by atoms with E-state index in [-0.39, 0.29) is 5.92 Å². The van der Waals surface area contributed by atoms with Crippen LogP contribution in [0.4, 0.5) is 0 Å². The third-order valence-electron chi connectivity index (χ3n) is 3.39. The highest BCUT2D eigenvalue weighted by Crippen LogP contribution is 2.10. The van der Waals surface area contributed by atoms with Gasteiger partial charge in [0.1, 0.15) is 0 Å². The standard InChI is InChI=1S/C17H23N3O3S/c1-13(2)17-19-16(23-20-17)5-4-11-18-24(21,22)12-10-15-8-6-14(3)7-9-15/h6-10,12-13,18H,4-5,11H2,1-3H3. The molecule has 1 heterocycles. The molecule has 1 aromatic carbocycles. The number of hydrogen-bond acceptors (Lipinski definition) is 5. The third-order valence-corrected chi connectivity index (χ3v) is 4.49. The Kier molecular flexibility index (Phi) is 6.28. The van der Waals surface area contributed by atoms with Crippen molar-refractivity contribution in [3.05, 3.63) is 52.5 Å². The smallest absolute Gasteiger partial charge is 0.233 e. The first-order valence-electron chi connectivity index (χ1n) is 7.92. The molecule has 0 spiro atoms. The maximum absolute atomic E-state index is 11.9. The van der Waals surface area contributed by atoms with Gasteiger partial charge in [0, 0.05) is 24.3 Å². The summed E-state index contributed by atoms with van der Waals surface area (Å²) < 4.78 is 31.5. The zero-order valence-electron chi connectivity index (χ0n) is 14.2. The van der Waals surface area contributed by atoms with Gasteiger partial charge in [-0.15, -0.1) is 0 Å². The summed E-state index contributed by atoms with van der Waals surface area (Å²) in [5.41, 5.74) is 1.98. The van der Waals surface area contributed by atoms with Gasteiger partial charge in [0.15, 0.2) is 5.82 Å². The van der Waals surface area contributed by atoms with Crippen LogP contribution in [0.25, 0.3) is 6.08 Å². The second-order valence-corrected chi connectivity index (χ2v) is 7.61. The van der Waals surface area contributed by atoms with Gasteiger partial charge in [0.2, 0.25) is 15.9 Å². The maximum atomic E-state index is 11.9. The summed E-state index contributed by atoms with van der Waals surface area (Å²) in [6.45, 7) is 6.28. The lowest BCUT2D eigenvalue weighted by Crippen LogP contribution is -2.22. The second kappa shape index (κ2) is 8.21. The molecule has 24 heavy (non-hydrogen) atoms. The van der Waals surface area contributed by atoms with Crippen molar-refractivity contribution >= 4 is 16.1 Å². The van der Waals surface area contributed by atoms with Crippen molar-refractivity contribution in [1.82, 2.24) is 14.9 Å². The van der Waals surface area contributed by atoms with Gasteiger partial charge in [-0.3, -0.25) is 0 Å². The van der Waals surface area contributed by atoms with E-state index in [2.05, 4.69) is 14.9 Å². The highest BCUT2D eigenvalue weighted by atomic mass is 32.2. The van der Waals surface area contributed by atoms with Crippen molar-refractivity contribution in [3.8, 4) is 0 Å². The van der Waals surface area contributed by atoms with Gasteiger partial charge in [-0.25, -0.2) is 13.1 Å². The van der Waals surface area contributed by atoms with E-state index >= 15 is 0 Å². The fraction of sp³-hybridized carbons (Fsp3) is 0.412. The number of nitrogens with one attached hydrogen (secondary N) is 1. The maximum Gasteiger partial charge on any atom is 0.233 e. The summed E-state index contributed by atoms with van der Waals surface area (Å²) in [4.78, 5) is 4.26. The first-order valence-corrected chi connectivity index (χ1v) is 9.47. The summed E-state index contributed by atoms with van der Waals surface area (Å²) in [6, 6.07) is 7.64. The highest BCUT2D eigenvalue weighted by Gasteiger charge is 2.10. The topological polar surface area (TPSA) is 85.1 Å². The lowest BCUT2D eigenvalue weighted by molar-refractivity contribution is 0.368. The summed E-state index contributed by atoms with van der Waals surface area (Å²) >= 11 is 0. The first kappa shape index (κ1) is 18.4. The molecular formula is C17H23N3O3S. The monoisotopic (exact) mass is 349 g/mol. The molecule has 0 unspecified atom stereocenters. The molecule has 0 amide bonds. The number of rotatable bonds is 8. The molecule has 0 bridgehead atoms. The predicted octanol–water partition coefficient (Wildman–Crippen LogP) is 3.02. The van der Waals surface area contributed by atoms with E-state index in [4.69, 9.17) is 4.52 Å². The minimum atomic E-state index is -3.45. The van der Waals surface area contributed by atoms with Crippen molar-refractivity contribution < 1.29 is 12.9 Å². The Labute approximate surface area is 143 Å². The molecule has 2 aromatic rings. The Hall–Kier alpha value is -1.99. The van der Waals surface area contributed by atoms with Crippen molar-refractivity contribution in [2.24, 2.45) is 0 Å². The van der Waals surface area contributed by atoms with Crippen LogP contribution in [0, 0.1) is 6.92 Å². The van der Waals surface area contributed by atoms with Gasteiger partial charge in [0.25, 0.3) is 0 Å². The molecule has 0 radical (unpaired) electrons. The lowest BCUT2D eigenvalue weighted by Gasteiger charge is -2.01. The SMILES string of the molecule is Cc1ccc(C=CS(=O)(=O)NCCCc2nc(C(C)C)no2)cc1. The molecule has 6 nitrogen and oxygen atoms in total. The molecule has 1 aromatic heterocycles. The zero-order chi connectivity index (χ0) is 17.6. The Bertz CT molecular complexity index is 778. The van der Waals surface area contributed by atoms with Crippen LogP contribution in [-0.2, 0) is 16.4 Å². The van der Waals surface area contributed by atoms with Crippen molar-refractivity contribution in [1.29, 1.82) is 0 Å². The van der Waals surface area contributed by atoms with E-state index in [1.54, 1.807) is 6.08 Å². The van der Waals surface area contributed by atoms with Gasteiger partial charge in [-0.1, -0.05) is 48.8 Å². The molecule has 2 rings (SSSR count). The van der Waals surface area contributed by atoms with E-state index in [1.165, 1.54) is 5.41 Å². The number of hydrogen-bond donors (Lipinski definition) is 1. The van der Waals surface area contributed by atoms with Crippen LogP contribution in [0.3, 0.4) is 0 Å². The van der Waals surface area contributed by atoms with E-state index in [0.29, 0.717) is 31.1 Å². The van der Waals surface area contributed by atoms with Crippen molar-refractivity contribution in [2.45, 2.75) is 39.5 Å². The van der Waals surface area contributed by atoms with Crippen LogP contribution in [0.1, 0.15) is 49.0 Å². The summed E-state index contributed by atoms with van der Waals surface area (Å²) in [5.74, 6) is 1.42. The summed E-state index contributed by atoms with van der Waals surface area (Å²) in [6.07, 6.45) is 2.72. The first-order chi connectivity index (χ1) is 11.4. The molecule has 1 N–H and O–H groups in total. The Balaban J connectivity index is 1.78. The number of sulfonamides is 1. The van der Waals surface area contributed by atoms with Crippen LogP contribution in [0.2, 0.25) is 0 Å². The van der Waals surface area contributed by atoms with Gasteiger partial charge >= 0.3 is 0 Å². The van der Waals surface area contributed by atoms with Crippen LogP contribution in [0.15, 0.2) is 34.2 Å². The molecule has 0 aliphatic rings. The predicted molar refractivity (Wildman–Crippen MR) is 93.8 cm³/mol. The molecule has 130 valence electrons. The van der Waals surface area contributed by atoms with E-state index in [0.717, 1.165) is 11.1 Å². The van der Waals surface area contributed by atoms with E-state index in [9.17, 15) is 8.42 Å². The number of benzene rings is 1. The van der Waals surface area contributed by atoms with Crippen LogP contribution >= 0.6 is 0 Å². The number of aromatic nitrogens is 2. The van der Waals surface area contributed by atoms with Crippen LogP contribution < -0.4 is 4.72 Å². The molecule has 0 fully saturated rings. The zero-order valence-corrected chi connectivity index (χ0v) is 15.0. The van der Waals surface area contributed by atoms with Gasteiger partial charge in [0.05, 0.1) is 0 Å². The van der Waals surface area contributed by atoms with Crippen molar-refractivity contribution in [3.63, 3.8) is 0 Å². The Morgan fingerprint density at radius 2 is 1.96 bits per heavy atom. The molecule has 0 aliphatic carbocycles. The fourth-order valence-corrected chi connectivity index (χ4v) is 2.81. The van der Waals surface area contributed by atoms with E-state index in [1.807, 2.05) is 45.0 Å². The Morgan fingerprint density at radius 1 is 1.25 bits per heavy atom. The molecule has 7 heteroatoms. The van der Waals surface area contributed by atoms with Gasteiger partial charge < -0.3 is 4.52 Å². The molecule has 0 saturated carbocycles. The molecule has 0 aliphatic heterocycles. The fourth-order valence-electron chi connectivity index (χ4n) is 1.95. The summed E-state index contributed by atoms with van der Waals surface area (Å²) in [7, 11) is -3.45. The number of aryl methyl sites for hydroxylation is 2.